The first-order valence-corrected chi connectivity index (χ1v) is 8.97. The van der Waals surface area contributed by atoms with Crippen molar-refractivity contribution in [2.45, 2.75) is 26.3 Å². The predicted molar refractivity (Wildman–Crippen MR) is 101 cm³/mol. The van der Waals surface area contributed by atoms with Gasteiger partial charge in [0.1, 0.15) is 5.75 Å². The summed E-state index contributed by atoms with van der Waals surface area (Å²) in [6, 6.07) is 12.1. The van der Waals surface area contributed by atoms with Gasteiger partial charge in [0.2, 0.25) is 0 Å². The van der Waals surface area contributed by atoms with Crippen LogP contribution in [0.15, 0.2) is 42.5 Å². The van der Waals surface area contributed by atoms with Gasteiger partial charge < -0.3 is 10.1 Å². The molecule has 0 bridgehead atoms. The number of nitrogens with one attached hydrogen (secondary N) is 1. The summed E-state index contributed by atoms with van der Waals surface area (Å²) in [6.07, 6.45) is 1.65. The molecular formula is C21H22N2O4. The fourth-order valence-electron chi connectivity index (χ4n) is 3.08. The molecule has 1 N–H and O–H groups in total. The lowest BCUT2D eigenvalue weighted by molar-refractivity contribution is 0.0652. The molecule has 3 amide bonds. The number of nitrogens with zero attached hydrogens (tertiary/aromatic N) is 1. The SMILES string of the molecule is CCCCN1C(=O)c2ccc(C(=O)NCc3ccccc3OC)cc2C1=O. The molecule has 6 heteroatoms. The number of methoxy groups -OCH3 is 1. The number of carbonyl (C=O) groups is 3. The lowest BCUT2D eigenvalue weighted by atomic mass is 10.1. The highest BCUT2D eigenvalue weighted by atomic mass is 16.5. The zero-order valence-electron chi connectivity index (χ0n) is 15.5. The fourth-order valence-corrected chi connectivity index (χ4v) is 3.08. The highest BCUT2D eigenvalue weighted by Gasteiger charge is 2.35. The van der Waals surface area contributed by atoms with E-state index < -0.39 is 0 Å². The Morgan fingerprint density at radius 3 is 2.56 bits per heavy atom. The third kappa shape index (κ3) is 3.69. The second kappa shape index (κ2) is 8.03. The average Bonchev–Trinajstić information content (AvgIpc) is 2.94. The van der Waals surface area contributed by atoms with Crippen LogP contribution in [-0.4, -0.2) is 36.3 Å². The van der Waals surface area contributed by atoms with Crippen LogP contribution in [0.3, 0.4) is 0 Å². The van der Waals surface area contributed by atoms with Gasteiger partial charge in [0.05, 0.1) is 18.2 Å². The van der Waals surface area contributed by atoms with E-state index in [1.807, 2.05) is 31.2 Å². The van der Waals surface area contributed by atoms with E-state index in [0.29, 0.717) is 35.5 Å². The number of carbonyl (C=O) groups excluding carboxylic acids is 3. The maximum absolute atomic E-state index is 12.5. The van der Waals surface area contributed by atoms with Gasteiger partial charge in [-0.15, -0.1) is 0 Å². The summed E-state index contributed by atoms with van der Waals surface area (Å²) in [5.74, 6) is -0.234. The number of fused-ring (bicyclic) bond motifs is 1. The first kappa shape index (κ1) is 18.6. The average molecular weight is 366 g/mol. The normalized spacial score (nSPS) is 12.9. The number of imide groups is 1. The van der Waals surface area contributed by atoms with E-state index in [9.17, 15) is 14.4 Å². The van der Waals surface area contributed by atoms with Gasteiger partial charge in [-0.05, 0) is 30.7 Å². The third-order valence-electron chi connectivity index (χ3n) is 4.60. The van der Waals surface area contributed by atoms with Crippen molar-refractivity contribution in [1.29, 1.82) is 0 Å². The van der Waals surface area contributed by atoms with Crippen molar-refractivity contribution in [3.63, 3.8) is 0 Å². The summed E-state index contributed by atoms with van der Waals surface area (Å²) in [4.78, 5) is 38.6. The summed E-state index contributed by atoms with van der Waals surface area (Å²) < 4.78 is 5.27. The summed E-state index contributed by atoms with van der Waals surface area (Å²) >= 11 is 0. The lowest BCUT2D eigenvalue weighted by Crippen LogP contribution is -2.30. The van der Waals surface area contributed by atoms with E-state index in [4.69, 9.17) is 4.74 Å². The van der Waals surface area contributed by atoms with Crippen LogP contribution in [0.4, 0.5) is 0 Å². The molecule has 0 saturated carbocycles. The van der Waals surface area contributed by atoms with Crippen molar-refractivity contribution < 1.29 is 19.1 Å². The zero-order chi connectivity index (χ0) is 19.4. The predicted octanol–water partition coefficient (Wildman–Crippen LogP) is 3.02. The van der Waals surface area contributed by atoms with Gasteiger partial charge >= 0.3 is 0 Å². The van der Waals surface area contributed by atoms with Gasteiger partial charge in [0.15, 0.2) is 0 Å². The Morgan fingerprint density at radius 1 is 1.07 bits per heavy atom. The molecule has 1 heterocycles. The number of benzene rings is 2. The van der Waals surface area contributed by atoms with E-state index >= 15 is 0 Å². The van der Waals surface area contributed by atoms with Crippen molar-refractivity contribution in [2.75, 3.05) is 13.7 Å². The second-order valence-electron chi connectivity index (χ2n) is 6.37. The molecule has 2 aromatic rings. The molecule has 0 atom stereocenters. The van der Waals surface area contributed by atoms with Crippen LogP contribution < -0.4 is 10.1 Å². The minimum atomic E-state index is -0.331. The summed E-state index contributed by atoms with van der Waals surface area (Å²) in [5, 5.41) is 2.82. The topological polar surface area (TPSA) is 75.7 Å². The molecule has 27 heavy (non-hydrogen) atoms. The molecule has 0 saturated heterocycles. The molecule has 2 aromatic carbocycles. The molecule has 0 unspecified atom stereocenters. The molecule has 0 aromatic heterocycles. The number of para-hydroxylation sites is 1. The van der Waals surface area contributed by atoms with E-state index in [0.717, 1.165) is 18.4 Å². The Labute approximate surface area is 158 Å². The van der Waals surface area contributed by atoms with Gasteiger partial charge in [-0.1, -0.05) is 31.5 Å². The highest BCUT2D eigenvalue weighted by Crippen LogP contribution is 2.24. The second-order valence-corrected chi connectivity index (χ2v) is 6.37. The van der Waals surface area contributed by atoms with Gasteiger partial charge in [-0.25, -0.2) is 0 Å². The molecule has 140 valence electrons. The van der Waals surface area contributed by atoms with Crippen LogP contribution in [0.2, 0.25) is 0 Å². The van der Waals surface area contributed by atoms with Crippen LogP contribution in [0.1, 0.15) is 56.4 Å². The summed E-state index contributed by atoms with van der Waals surface area (Å²) in [7, 11) is 1.58. The molecule has 0 radical (unpaired) electrons. The fraction of sp³-hybridized carbons (Fsp3) is 0.286. The van der Waals surface area contributed by atoms with Crippen molar-refractivity contribution >= 4 is 17.7 Å². The van der Waals surface area contributed by atoms with Gasteiger partial charge in [0.25, 0.3) is 17.7 Å². The summed E-state index contributed by atoms with van der Waals surface area (Å²) in [5.41, 5.74) is 1.85. The smallest absolute Gasteiger partial charge is 0.261 e. The van der Waals surface area contributed by atoms with Crippen molar-refractivity contribution in [3.05, 3.63) is 64.7 Å². The Bertz CT molecular complexity index is 892. The summed E-state index contributed by atoms with van der Waals surface area (Å²) in [6.45, 7) is 2.70. The minimum absolute atomic E-state index is 0.288. The maximum atomic E-state index is 12.5. The highest BCUT2D eigenvalue weighted by molar-refractivity contribution is 6.22. The van der Waals surface area contributed by atoms with Crippen molar-refractivity contribution in [3.8, 4) is 5.75 Å². The lowest BCUT2D eigenvalue weighted by Gasteiger charge is -2.12. The van der Waals surface area contributed by atoms with Crippen LogP contribution >= 0.6 is 0 Å². The number of ether oxygens (including phenoxy) is 1. The van der Waals surface area contributed by atoms with Crippen LogP contribution in [0, 0.1) is 0 Å². The van der Waals surface area contributed by atoms with E-state index in [2.05, 4.69) is 5.32 Å². The minimum Gasteiger partial charge on any atom is -0.496 e. The van der Waals surface area contributed by atoms with E-state index in [1.165, 1.54) is 11.0 Å². The molecule has 1 aliphatic rings. The zero-order valence-corrected chi connectivity index (χ0v) is 15.5. The monoisotopic (exact) mass is 366 g/mol. The Kier molecular flexibility index (Phi) is 5.54. The van der Waals surface area contributed by atoms with Crippen molar-refractivity contribution in [2.24, 2.45) is 0 Å². The number of amides is 3. The first-order chi connectivity index (χ1) is 13.1. The van der Waals surface area contributed by atoms with Crippen LogP contribution in [-0.2, 0) is 6.54 Å². The molecule has 0 aliphatic carbocycles. The number of hydrogen-bond acceptors (Lipinski definition) is 4. The third-order valence-corrected chi connectivity index (χ3v) is 4.60. The number of unbranched alkanes of at least 4 members (excludes halogenated alkanes) is 1. The molecule has 0 spiro atoms. The molecular weight excluding hydrogens is 344 g/mol. The van der Waals surface area contributed by atoms with Gasteiger partial charge in [-0.3, -0.25) is 19.3 Å². The Hall–Kier alpha value is -3.15. The number of hydrogen-bond donors (Lipinski definition) is 1. The standard InChI is InChI=1S/C21H22N2O4/c1-3-4-11-23-20(25)16-10-9-14(12-17(16)21(23)26)19(24)22-13-15-7-5-6-8-18(15)27-2/h5-10,12H,3-4,11,13H2,1-2H3,(H,22,24). The molecule has 3 rings (SSSR count). The van der Waals surface area contributed by atoms with Crippen molar-refractivity contribution in [1.82, 2.24) is 10.2 Å². The molecule has 0 fully saturated rings. The quantitative estimate of drug-likeness (QED) is 0.764. The molecule has 6 nitrogen and oxygen atoms in total. The van der Waals surface area contributed by atoms with Crippen LogP contribution in [0.5, 0.6) is 5.75 Å². The van der Waals surface area contributed by atoms with E-state index in [1.54, 1.807) is 19.2 Å². The Balaban J connectivity index is 1.74. The van der Waals surface area contributed by atoms with Crippen LogP contribution in [0.25, 0.3) is 0 Å². The number of rotatable bonds is 7. The van der Waals surface area contributed by atoms with E-state index in [-0.39, 0.29) is 17.7 Å². The first-order valence-electron chi connectivity index (χ1n) is 8.97. The van der Waals surface area contributed by atoms with Gasteiger partial charge in [-0.2, -0.15) is 0 Å². The van der Waals surface area contributed by atoms with Gasteiger partial charge in [0, 0.05) is 24.2 Å². The maximum Gasteiger partial charge on any atom is 0.261 e. The molecule has 1 aliphatic heterocycles. The Morgan fingerprint density at radius 2 is 1.81 bits per heavy atom. The largest absolute Gasteiger partial charge is 0.496 e.